The van der Waals surface area contributed by atoms with Crippen molar-refractivity contribution < 1.29 is 4.74 Å². The molecular weight excluding hydrogens is 282 g/mol. The highest BCUT2D eigenvalue weighted by molar-refractivity contribution is 9.10. The van der Waals surface area contributed by atoms with Crippen LogP contribution in [-0.4, -0.2) is 16.6 Å². The zero-order valence-electron chi connectivity index (χ0n) is 9.14. The molecule has 1 heterocycles. The van der Waals surface area contributed by atoms with Gasteiger partial charge in [0.15, 0.2) is 0 Å². The molecule has 0 saturated carbocycles. The molecule has 4 nitrogen and oxygen atoms in total. The summed E-state index contributed by atoms with van der Waals surface area (Å²) in [7, 11) is 0. The fourth-order valence-electron chi connectivity index (χ4n) is 1.33. The van der Waals surface area contributed by atoms with Crippen LogP contribution in [0.3, 0.4) is 0 Å². The number of aromatic nitrogens is 2. The van der Waals surface area contributed by atoms with E-state index in [4.69, 9.17) is 10.5 Å². The molecule has 0 aliphatic carbocycles. The summed E-state index contributed by atoms with van der Waals surface area (Å²) in [6.07, 6.45) is 2.29. The maximum absolute atomic E-state index is 5.56. The molecule has 0 aliphatic rings. The molecule has 0 fully saturated rings. The minimum Gasteiger partial charge on any atom is -0.493 e. The Morgan fingerprint density at radius 3 is 2.65 bits per heavy atom. The standard InChI is InChI=1S/C12H12BrN3O/c13-9-1-3-10(4-2-9)17-8-6-12-15-7-5-11(14)16-12/h1-5,7H,6,8H2,(H2,14,15,16). The van der Waals surface area contributed by atoms with Crippen molar-refractivity contribution in [2.45, 2.75) is 6.42 Å². The molecule has 2 aromatic rings. The number of nitrogens with two attached hydrogens (primary N) is 1. The molecule has 17 heavy (non-hydrogen) atoms. The van der Waals surface area contributed by atoms with Gasteiger partial charge in [0.25, 0.3) is 0 Å². The topological polar surface area (TPSA) is 61.0 Å². The smallest absolute Gasteiger partial charge is 0.134 e. The molecule has 1 aromatic heterocycles. The summed E-state index contributed by atoms with van der Waals surface area (Å²) in [5.41, 5.74) is 5.56. The van der Waals surface area contributed by atoms with Crippen LogP contribution in [0.5, 0.6) is 5.75 Å². The lowest BCUT2D eigenvalue weighted by Crippen LogP contribution is -2.06. The van der Waals surface area contributed by atoms with E-state index in [1.807, 2.05) is 24.3 Å². The summed E-state index contributed by atoms with van der Waals surface area (Å²) >= 11 is 3.37. The van der Waals surface area contributed by atoms with Crippen LogP contribution in [0, 0.1) is 0 Å². The minimum absolute atomic E-state index is 0.485. The number of hydrogen-bond acceptors (Lipinski definition) is 4. The van der Waals surface area contributed by atoms with Crippen molar-refractivity contribution in [3.63, 3.8) is 0 Å². The molecule has 88 valence electrons. The summed E-state index contributed by atoms with van der Waals surface area (Å²) in [6.45, 7) is 0.533. The van der Waals surface area contributed by atoms with Crippen molar-refractivity contribution >= 4 is 21.7 Å². The Labute approximate surface area is 108 Å². The van der Waals surface area contributed by atoms with Crippen LogP contribution in [0.1, 0.15) is 5.82 Å². The number of nitrogen functional groups attached to an aromatic ring is 1. The number of hydrogen-bond donors (Lipinski definition) is 1. The van der Waals surface area contributed by atoms with Gasteiger partial charge >= 0.3 is 0 Å². The van der Waals surface area contributed by atoms with Crippen molar-refractivity contribution in [2.24, 2.45) is 0 Å². The molecule has 2 N–H and O–H groups in total. The summed E-state index contributed by atoms with van der Waals surface area (Å²) in [6, 6.07) is 9.35. The fourth-order valence-corrected chi connectivity index (χ4v) is 1.59. The van der Waals surface area contributed by atoms with E-state index in [2.05, 4.69) is 25.9 Å². The third-order valence-corrected chi connectivity index (χ3v) is 2.66. The van der Waals surface area contributed by atoms with Crippen LogP contribution in [0.4, 0.5) is 5.82 Å². The molecule has 0 saturated heterocycles. The lowest BCUT2D eigenvalue weighted by molar-refractivity contribution is 0.319. The van der Waals surface area contributed by atoms with Crippen molar-refractivity contribution in [1.82, 2.24) is 9.97 Å². The second kappa shape index (κ2) is 5.63. The van der Waals surface area contributed by atoms with Crippen LogP contribution >= 0.6 is 15.9 Å². The molecule has 0 amide bonds. The predicted octanol–water partition coefficient (Wildman–Crippen LogP) is 2.44. The van der Waals surface area contributed by atoms with Gasteiger partial charge in [-0.25, -0.2) is 9.97 Å². The normalized spacial score (nSPS) is 10.2. The van der Waals surface area contributed by atoms with E-state index in [9.17, 15) is 0 Å². The van der Waals surface area contributed by atoms with Crippen LogP contribution in [0.15, 0.2) is 41.0 Å². The Kier molecular flexibility index (Phi) is 3.93. The number of benzene rings is 1. The van der Waals surface area contributed by atoms with Gasteiger partial charge in [-0.1, -0.05) is 15.9 Å². The van der Waals surface area contributed by atoms with Gasteiger partial charge in [0.05, 0.1) is 6.61 Å². The summed E-state index contributed by atoms with van der Waals surface area (Å²) in [5.74, 6) is 2.01. The highest BCUT2D eigenvalue weighted by Crippen LogP contribution is 2.16. The van der Waals surface area contributed by atoms with Gasteiger partial charge in [-0.3, -0.25) is 0 Å². The number of anilines is 1. The lowest BCUT2D eigenvalue weighted by atomic mass is 10.3. The van der Waals surface area contributed by atoms with Gasteiger partial charge in [0.1, 0.15) is 17.4 Å². The van der Waals surface area contributed by atoms with Gasteiger partial charge in [0.2, 0.25) is 0 Å². The molecule has 0 atom stereocenters. The first-order valence-electron chi connectivity index (χ1n) is 5.20. The van der Waals surface area contributed by atoms with Gasteiger partial charge in [-0.2, -0.15) is 0 Å². The Morgan fingerprint density at radius 2 is 1.94 bits per heavy atom. The highest BCUT2D eigenvalue weighted by Gasteiger charge is 1.98. The van der Waals surface area contributed by atoms with E-state index < -0.39 is 0 Å². The number of nitrogens with zero attached hydrogens (tertiary/aromatic N) is 2. The minimum atomic E-state index is 0.485. The summed E-state index contributed by atoms with van der Waals surface area (Å²) in [5, 5.41) is 0. The SMILES string of the molecule is Nc1ccnc(CCOc2ccc(Br)cc2)n1. The molecule has 0 bridgehead atoms. The molecule has 0 spiro atoms. The Bertz CT molecular complexity index is 487. The quantitative estimate of drug-likeness (QED) is 0.941. The first kappa shape index (κ1) is 11.9. The molecular formula is C12H12BrN3O. The molecule has 5 heteroatoms. The van der Waals surface area contributed by atoms with E-state index in [0.29, 0.717) is 24.7 Å². The predicted molar refractivity (Wildman–Crippen MR) is 69.8 cm³/mol. The summed E-state index contributed by atoms with van der Waals surface area (Å²) < 4.78 is 6.59. The maximum atomic E-state index is 5.56. The van der Waals surface area contributed by atoms with E-state index in [1.165, 1.54) is 0 Å². The average molecular weight is 294 g/mol. The van der Waals surface area contributed by atoms with E-state index in [1.54, 1.807) is 12.3 Å². The maximum Gasteiger partial charge on any atom is 0.134 e. The third kappa shape index (κ3) is 3.71. The van der Waals surface area contributed by atoms with Crippen LogP contribution < -0.4 is 10.5 Å². The average Bonchev–Trinajstić information content (AvgIpc) is 2.32. The number of halogens is 1. The molecule has 0 unspecified atom stereocenters. The first-order valence-corrected chi connectivity index (χ1v) is 5.99. The van der Waals surface area contributed by atoms with Crippen molar-refractivity contribution in [3.8, 4) is 5.75 Å². The van der Waals surface area contributed by atoms with E-state index in [-0.39, 0.29) is 0 Å². The van der Waals surface area contributed by atoms with Gasteiger partial charge in [-0.05, 0) is 30.3 Å². The second-order valence-electron chi connectivity index (χ2n) is 3.45. The molecule has 0 aliphatic heterocycles. The lowest BCUT2D eigenvalue weighted by Gasteiger charge is -2.05. The van der Waals surface area contributed by atoms with Crippen molar-refractivity contribution in [3.05, 3.63) is 46.8 Å². The fraction of sp³-hybridized carbons (Fsp3) is 0.167. The van der Waals surface area contributed by atoms with E-state index >= 15 is 0 Å². The van der Waals surface area contributed by atoms with Crippen LogP contribution in [0.2, 0.25) is 0 Å². The monoisotopic (exact) mass is 293 g/mol. The van der Waals surface area contributed by atoms with Gasteiger partial charge < -0.3 is 10.5 Å². The van der Waals surface area contributed by atoms with Crippen LogP contribution in [0.25, 0.3) is 0 Å². The Balaban J connectivity index is 1.85. The third-order valence-electron chi connectivity index (χ3n) is 2.14. The van der Waals surface area contributed by atoms with Gasteiger partial charge in [0, 0.05) is 17.1 Å². The Morgan fingerprint density at radius 1 is 1.18 bits per heavy atom. The molecule has 0 radical (unpaired) electrons. The van der Waals surface area contributed by atoms with Crippen molar-refractivity contribution in [1.29, 1.82) is 0 Å². The van der Waals surface area contributed by atoms with Crippen molar-refractivity contribution in [2.75, 3.05) is 12.3 Å². The first-order chi connectivity index (χ1) is 8.24. The zero-order valence-corrected chi connectivity index (χ0v) is 10.7. The number of rotatable bonds is 4. The number of ether oxygens (including phenoxy) is 1. The van der Waals surface area contributed by atoms with Crippen LogP contribution in [-0.2, 0) is 6.42 Å². The Hall–Kier alpha value is -1.62. The molecule has 2 rings (SSSR count). The zero-order chi connectivity index (χ0) is 12.1. The van der Waals surface area contributed by atoms with Gasteiger partial charge in [-0.15, -0.1) is 0 Å². The van der Waals surface area contributed by atoms with E-state index in [0.717, 1.165) is 10.2 Å². The second-order valence-corrected chi connectivity index (χ2v) is 4.37. The highest BCUT2D eigenvalue weighted by atomic mass is 79.9. The largest absolute Gasteiger partial charge is 0.493 e. The molecule has 1 aromatic carbocycles. The summed E-state index contributed by atoms with van der Waals surface area (Å²) in [4.78, 5) is 8.20.